The summed E-state index contributed by atoms with van der Waals surface area (Å²) < 4.78 is 61.4. The molecule has 440 valence electrons. The second kappa shape index (κ2) is 21.8. The molecule has 23 heteroatoms. The molecule has 0 saturated heterocycles. The lowest BCUT2D eigenvalue weighted by atomic mass is 9.87. The van der Waals surface area contributed by atoms with Crippen molar-refractivity contribution in [1.82, 2.24) is 63.4 Å². The van der Waals surface area contributed by atoms with Crippen LogP contribution in [0.25, 0.3) is 56.6 Å². The Morgan fingerprint density at radius 3 is 1.78 bits per heavy atom. The van der Waals surface area contributed by atoms with Gasteiger partial charge in [0.15, 0.2) is 23.1 Å². The molecule has 0 atom stereocenters. The summed E-state index contributed by atoms with van der Waals surface area (Å²) in [6.07, 6.45) is 15.7. The van der Waals surface area contributed by atoms with E-state index in [-0.39, 0.29) is 41.3 Å². The van der Waals surface area contributed by atoms with Gasteiger partial charge in [-0.05, 0) is 107 Å². The third-order valence-electron chi connectivity index (χ3n) is 16.8. The molecular formula is C64H59F4N17O2. The molecule has 15 rings (SSSR count). The molecule has 6 N–H and O–H groups in total. The summed E-state index contributed by atoms with van der Waals surface area (Å²) in [4.78, 5) is 65.8. The van der Waals surface area contributed by atoms with Gasteiger partial charge in [0, 0.05) is 66.6 Å². The molecule has 0 radical (unpaired) electrons. The number of aromatic nitrogens is 13. The number of anilines is 4. The Balaban J connectivity index is 0.000000121. The number of carbonyl (C=O) groups is 2. The second-order valence-electron chi connectivity index (χ2n) is 23.5. The molecule has 2 fully saturated rings. The average molecular weight is 1170 g/mol. The molecule has 0 spiro atoms. The number of nitrogen functional groups attached to an aromatic ring is 2. The van der Waals surface area contributed by atoms with Crippen molar-refractivity contribution in [2.45, 2.75) is 109 Å². The number of aryl methyl sites for hydroxylation is 1. The summed E-state index contributed by atoms with van der Waals surface area (Å²) in [6, 6.07) is 23.1. The van der Waals surface area contributed by atoms with Crippen LogP contribution < -0.4 is 22.1 Å². The zero-order valence-corrected chi connectivity index (χ0v) is 48.2. The number of amides is 2. The summed E-state index contributed by atoms with van der Waals surface area (Å²) in [5.74, 6) is 1.48. The largest absolute Gasteiger partial charge is 0.383 e. The van der Waals surface area contributed by atoms with Crippen LogP contribution in [0.5, 0.6) is 0 Å². The topological polar surface area (TPSA) is 253 Å². The van der Waals surface area contributed by atoms with Crippen LogP contribution in [0.1, 0.15) is 117 Å². The number of nitrogens with one attached hydrogen (secondary N) is 2. The first-order valence-electron chi connectivity index (χ1n) is 28.8. The van der Waals surface area contributed by atoms with Crippen LogP contribution >= 0.6 is 0 Å². The number of nitrogens with zero attached hydrogens (tertiary/aromatic N) is 13. The Morgan fingerprint density at radius 2 is 1.20 bits per heavy atom. The molecular weight excluding hydrogens is 1110 g/mol. The van der Waals surface area contributed by atoms with E-state index in [1.54, 1.807) is 65.7 Å². The van der Waals surface area contributed by atoms with Gasteiger partial charge in [-0.2, -0.15) is 5.10 Å². The van der Waals surface area contributed by atoms with E-state index in [0.29, 0.717) is 110 Å². The number of benzene rings is 2. The van der Waals surface area contributed by atoms with Crippen molar-refractivity contribution in [2.75, 3.05) is 22.1 Å². The molecule has 2 aliphatic heterocycles. The van der Waals surface area contributed by atoms with Gasteiger partial charge in [0.1, 0.15) is 75.3 Å². The Labute approximate surface area is 495 Å². The highest BCUT2D eigenvalue weighted by atomic mass is 19.1. The average Bonchev–Trinajstić information content (AvgIpc) is 1.65. The third kappa shape index (κ3) is 10.3. The highest BCUT2D eigenvalue weighted by Crippen LogP contribution is 2.44. The quantitative estimate of drug-likeness (QED) is 0.0930. The van der Waals surface area contributed by atoms with Gasteiger partial charge in [0.25, 0.3) is 0 Å². The fourth-order valence-corrected chi connectivity index (χ4v) is 12.0. The van der Waals surface area contributed by atoms with E-state index in [4.69, 9.17) is 21.4 Å². The predicted molar refractivity (Wildman–Crippen MR) is 320 cm³/mol. The molecule has 4 aliphatic rings. The summed E-state index contributed by atoms with van der Waals surface area (Å²) >= 11 is 0. The number of hydrogen-bond acceptors (Lipinski definition) is 14. The molecule has 2 amide bonds. The SMILES string of the molecule is CC1(C)C(=O)Nc2nc(-c3nc(CC4CCCC4)n4ccccc34)nc(N)c21.CC1(C)C(=O)Nc2nc(-c3nc(Cc4c(F)cc(F)cc4F)n4ccccc34)nc(N)c21.Cc1nc(-c2nn(Cc3ccccc3F)c3ncccc23)ncc1C1CC1. The van der Waals surface area contributed by atoms with Gasteiger partial charge >= 0.3 is 0 Å². The summed E-state index contributed by atoms with van der Waals surface area (Å²) in [5.41, 5.74) is 18.4. The number of halogens is 4. The first kappa shape index (κ1) is 56.1. The highest BCUT2D eigenvalue weighted by molar-refractivity contribution is 6.07. The number of pyridine rings is 3. The van der Waals surface area contributed by atoms with Gasteiger partial charge in [-0.15, -0.1) is 0 Å². The van der Waals surface area contributed by atoms with Crippen molar-refractivity contribution in [2.24, 2.45) is 5.92 Å². The van der Waals surface area contributed by atoms with E-state index < -0.39 is 28.3 Å². The molecule has 0 unspecified atom stereocenters. The van der Waals surface area contributed by atoms with Crippen LogP contribution in [-0.4, -0.2) is 75.3 Å². The van der Waals surface area contributed by atoms with Gasteiger partial charge in [-0.3, -0.25) is 9.59 Å². The molecule has 0 bridgehead atoms. The second-order valence-corrected chi connectivity index (χ2v) is 23.5. The fraction of sp³-hybridized carbons (Fsp3) is 0.281. The minimum atomic E-state index is -1.00. The van der Waals surface area contributed by atoms with Crippen LogP contribution in [0, 0.1) is 36.1 Å². The van der Waals surface area contributed by atoms with Crippen LogP contribution in [0.4, 0.5) is 40.8 Å². The number of nitrogens with two attached hydrogens (primary N) is 2. The molecule has 9 aromatic heterocycles. The highest BCUT2D eigenvalue weighted by Gasteiger charge is 2.44. The maximum atomic E-state index is 14.2. The predicted octanol–water partition coefficient (Wildman–Crippen LogP) is 11.2. The monoisotopic (exact) mass is 1170 g/mol. The maximum absolute atomic E-state index is 14.2. The Kier molecular flexibility index (Phi) is 14.0. The van der Waals surface area contributed by atoms with Gasteiger partial charge in [-0.1, -0.05) is 56.0 Å². The zero-order chi connectivity index (χ0) is 60.6. The number of rotatable bonds is 10. The molecule has 19 nitrogen and oxygen atoms in total. The van der Waals surface area contributed by atoms with Crippen molar-refractivity contribution in [3.8, 4) is 34.6 Å². The van der Waals surface area contributed by atoms with E-state index >= 15 is 0 Å². The molecule has 11 aromatic rings. The van der Waals surface area contributed by atoms with Crippen LogP contribution in [0.2, 0.25) is 0 Å². The van der Waals surface area contributed by atoms with Crippen LogP contribution in [-0.2, 0) is 39.8 Å². The molecule has 2 aliphatic carbocycles. The van der Waals surface area contributed by atoms with Crippen molar-refractivity contribution >= 4 is 57.2 Å². The summed E-state index contributed by atoms with van der Waals surface area (Å²) in [6.45, 7) is 9.44. The van der Waals surface area contributed by atoms with Crippen molar-refractivity contribution in [3.63, 3.8) is 0 Å². The molecule has 2 aromatic carbocycles. The van der Waals surface area contributed by atoms with E-state index in [1.165, 1.54) is 50.2 Å². The van der Waals surface area contributed by atoms with Gasteiger partial charge < -0.3 is 30.9 Å². The van der Waals surface area contributed by atoms with Crippen LogP contribution in [0.3, 0.4) is 0 Å². The Bertz CT molecular complexity index is 4560. The number of hydrogen-bond donors (Lipinski definition) is 4. The van der Waals surface area contributed by atoms with E-state index in [2.05, 4.69) is 55.0 Å². The van der Waals surface area contributed by atoms with Gasteiger partial charge in [0.2, 0.25) is 11.8 Å². The van der Waals surface area contributed by atoms with Crippen molar-refractivity contribution in [1.29, 1.82) is 0 Å². The minimum absolute atomic E-state index is 0.114. The molecule has 2 saturated carbocycles. The Morgan fingerprint density at radius 1 is 0.621 bits per heavy atom. The zero-order valence-electron chi connectivity index (χ0n) is 48.2. The Hall–Kier alpha value is -10.1. The van der Waals surface area contributed by atoms with E-state index in [0.717, 1.165) is 28.8 Å². The minimum Gasteiger partial charge on any atom is -0.383 e. The van der Waals surface area contributed by atoms with Crippen molar-refractivity contribution in [3.05, 3.63) is 178 Å². The number of carbonyl (C=O) groups excluding carboxylic acids is 2. The summed E-state index contributed by atoms with van der Waals surface area (Å²) in [5, 5.41) is 11.1. The fourth-order valence-electron chi connectivity index (χ4n) is 12.0. The number of fused-ring (bicyclic) bond motifs is 5. The summed E-state index contributed by atoms with van der Waals surface area (Å²) in [7, 11) is 0. The maximum Gasteiger partial charge on any atom is 0.235 e. The standard InChI is InChI=1S/C22H17F3N6O.C21H18FN5.C21H24N6O/c1-22(2)16-18(26)28-20(29-19(16)30-21(22)32)17-14-5-3-4-6-31(14)15(27-17)9-11-12(24)7-10(23)8-13(11)25;1-13-17(14-8-9-14)11-24-20(25-13)19-16-6-4-10-23-21(16)27(26-19)12-15-5-2-3-7-18(15)22;1-21(2)15-17(22)24-19(25-18(15)26-20(21)28)16-13-9-5-6-10-27(13)14(23-16)11-12-7-3-4-8-12/h3-8H,9H2,1-2H3,(H3,26,28,29,30,32);2-7,10-11,14H,8-9,12H2,1H3;5-6,9-10,12H,3-4,7-8,11H2,1-2H3,(H3,22,24,25,26,28). The van der Waals surface area contributed by atoms with Gasteiger partial charge in [-0.25, -0.2) is 67.1 Å². The lowest BCUT2D eigenvalue weighted by Crippen LogP contribution is -2.27. The normalized spacial score (nSPS) is 15.7. The lowest BCUT2D eigenvalue weighted by Gasteiger charge is -2.16. The third-order valence-corrected chi connectivity index (χ3v) is 16.8. The van der Waals surface area contributed by atoms with Crippen LogP contribution in [0.15, 0.2) is 110 Å². The first-order valence-corrected chi connectivity index (χ1v) is 28.8. The molecule has 11 heterocycles. The number of imidazole rings is 2. The molecule has 87 heavy (non-hydrogen) atoms. The van der Waals surface area contributed by atoms with Crippen molar-refractivity contribution < 1.29 is 27.2 Å². The van der Waals surface area contributed by atoms with E-state index in [9.17, 15) is 27.2 Å². The first-order chi connectivity index (χ1) is 41.8. The lowest BCUT2D eigenvalue weighted by molar-refractivity contribution is -0.120. The van der Waals surface area contributed by atoms with Gasteiger partial charge in [0.05, 0.1) is 44.9 Å². The smallest absolute Gasteiger partial charge is 0.235 e. The van der Waals surface area contributed by atoms with E-state index in [1.807, 2.05) is 69.6 Å².